The molecule has 1 heterocycles. The van der Waals surface area contributed by atoms with Crippen molar-refractivity contribution in [3.8, 4) is 0 Å². The standard InChI is InChI=1S/C23H34O3/c1-5-17-20-21(26-20)19-16-7-6-14-12-15(25-13-24-4)8-10-22(14,2)18(16)9-11-23(17,19)3/h5-6,15-16,18-21H,7-13H2,1-4H3/b17-5-/t15-,16+,18-,19+,20+,21-,22-,23+/m0/s1. The Kier molecular flexibility index (Phi) is 3.98. The van der Waals surface area contributed by atoms with Crippen LogP contribution in [0.25, 0.3) is 0 Å². The minimum absolute atomic E-state index is 0.344. The molecule has 4 aliphatic carbocycles. The van der Waals surface area contributed by atoms with Gasteiger partial charge in [0.25, 0.3) is 0 Å². The van der Waals surface area contributed by atoms with E-state index in [1.165, 1.54) is 32.1 Å². The molecule has 3 saturated carbocycles. The van der Waals surface area contributed by atoms with Crippen LogP contribution in [0, 0.1) is 28.6 Å². The van der Waals surface area contributed by atoms with Crippen LogP contribution >= 0.6 is 0 Å². The quantitative estimate of drug-likeness (QED) is 0.410. The Labute approximate surface area is 158 Å². The molecule has 3 heteroatoms. The number of epoxide rings is 1. The molecule has 8 atom stereocenters. The lowest BCUT2D eigenvalue weighted by atomic mass is 9.47. The van der Waals surface area contributed by atoms with Crippen LogP contribution < -0.4 is 0 Å². The molecule has 0 bridgehead atoms. The summed E-state index contributed by atoms with van der Waals surface area (Å²) in [6.45, 7) is 7.74. The molecule has 1 saturated heterocycles. The van der Waals surface area contributed by atoms with Crippen molar-refractivity contribution in [2.75, 3.05) is 13.9 Å². The minimum atomic E-state index is 0.344. The van der Waals surface area contributed by atoms with E-state index in [-0.39, 0.29) is 0 Å². The average molecular weight is 359 g/mol. The number of rotatable bonds is 3. The maximum Gasteiger partial charge on any atom is 0.146 e. The molecule has 0 aromatic carbocycles. The van der Waals surface area contributed by atoms with E-state index in [0.29, 0.717) is 35.9 Å². The van der Waals surface area contributed by atoms with Gasteiger partial charge in [0.1, 0.15) is 12.9 Å². The molecule has 0 aromatic rings. The summed E-state index contributed by atoms with van der Waals surface area (Å²) < 4.78 is 17.2. The fraction of sp³-hybridized carbons (Fsp3) is 0.826. The Hall–Kier alpha value is -0.640. The van der Waals surface area contributed by atoms with E-state index < -0.39 is 0 Å². The molecular formula is C23H34O3. The van der Waals surface area contributed by atoms with Crippen molar-refractivity contribution in [1.82, 2.24) is 0 Å². The average Bonchev–Trinajstić information content (AvgIpc) is 3.34. The molecule has 0 unspecified atom stereocenters. The zero-order valence-electron chi connectivity index (χ0n) is 16.8. The van der Waals surface area contributed by atoms with Gasteiger partial charge in [0, 0.05) is 13.0 Å². The van der Waals surface area contributed by atoms with Gasteiger partial charge in [-0.05, 0) is 73.7 Å². The van der Waals surface area contributed by atoms with Gasteiger partial charge in [-0.3, -0.25) is 0 Å². The van der Waals surface area contributed by atoms with E-state index in [1.54, 1.807) is 18.3 Å². The van der Waals surface area contributed by atoms with Gasteiger partial charge >= 0.3 is 0 Å². The number of allylic oxidation sites excluding steroid dienone is 2. The molecule has 3 nitrogen and oxygen atoms in total. The molecule has 0 spiro atoms. The smallest absolute Gasteiger partial charge is 0.146 e. The highest BCUT2D eigenvalue weighted by Gasteiger charge is 2.69. The summed E-state index contributed by atoms with van der Waals surface area (Å²) in [6.07, 6.45) is 13.8. The van der Waals surface area contributed by atoms with Gasteiger partial charge in [-0.1, -0.05) is 31.6 Å². The first-order chi connectivity index (χ1) is 12.5. The van der Waals surface area contributed by atoms with Gasteiger partial charge in [-0.2, -0.15) is 0 Å². The summed E-state index contributed by atoms with van der Waals surface area (Å²) in [4.78, 5) is 0. The van der Waals surface area contributed by atoms with Crippen LogP contribution in [-0.2, 0) is 14.2 Å². The van der Waals surface area contributed by atoms with Crippen LogP contribution in [-0.4, -0.2) is 32.2 Å². The number of methoxy groups -OCH3 is 1. The molecule has 0 amide bonds. The molecule has 1 aliphatic heterocycles. The second kappa shape index (κ2) is 5.93. The molecule has 0 radical (unpaired) electrons. The SMILES string of the molecule is C/C=C1/[C@H]2O[C@H]2[C@H]2[C@@H]3CC=C4C[C@@H](OCOC)CC[C@]4(C)[C@H]3CC[C@]12C. The van der Waals surface area contributed by atoms with Crippen LogP contribution in [0.1, 0.15) is 59.3 Å². The topological polar surface area (TPSA) is 31.0 Å². The highest BCUT2D eigenvalue weighted by molar-refractivity contribution is 5.37. The minimum Gasteiger partial charge on any atom is -0.364 e. The maximum atomic E-state index is 6.15. The van der Waals surface area contributed by atoms with Gasteiger partial charge in [-0.25, -0.2) is 0 Å². The van der Waals surface area contributed by atoms with Crippen LogP contribution in [0.3, 0.4) is 0 Å². The number of ether oxygens (including phenoxy) is 3. The largest absolute Gasteiger partial charge is 0.364 e. The van der Waals surface area contributed by atoms with Crippen LogP contribution in [0.2, 0.25) is 0 Å². The Bertz CT molecular complexity index is 652. The zero-order chi connectivity index (χ0) is 18.1. The Morgan fingerprint density at radius 2 is 2.04 bits per heavy atom. The fourth-order valence-corrected chi connectivity index (χ4v) is 7.60. The van der Waals surface area contributed by atoms with Crippen LogP contribution in [0.4, 0.5) is 0 Å². The van der Waals surface area contributed by atoms with Gasteiger partial charge in [0.05, 0.1) is 12.2 Å². The number of hydrogen-bond acceptors (Lipinski definition) is 3. The Morgan fingerprint density at radius 3 is 2.81 bits per heavy atom. The van der Waals surface area contributed by atoms with E-state index in [9.17, 15) is 0 Å². The highest BCUT2D eigenvalue weighted by atomic mass is 16.7. The first kappa shape index (κ1) is 17.5. The van der Waals surface area contributed by atoms with Crippen LogP contribution in [0.15, 0.2) is 23.3 Å². The van der Waals surface area contributed by atoms with Gasteiger partial charge in [0.2, 0.25) is 0 Å². The second-order valence-electron chi connectivity index (χ2n) is 9.84. The van der Waals surface area contributed by atoms with E-state index in [2.05, 4.69) is 32.9 Å². The summed E-state index contributed by atoms with van der Waals surface area (Å²) >= 11 is 0. The summed E-state index contributed by atoms with van der Waals surface area (Å²) in [5.74, 6) is 2.35. The normalized spacial score (nSPS) is 53.4. The van der Waals surface area contributed by atoms with E-state index in [0.717, 1.165) is 24.2 Å². The summed E-state index contributed by atoms with van der Waals surface area (Å²) in [5, 5.41) is 0. The third-order valence-electron chi connectivity index (χ3n) is 8.89. The molecule has 5 rings (SSSR count). The van der Waals surface area contributed by atoms with Crippen molar-refractivity contribution in [3.63, 3.8) is 0 Å². The number of fused-ring (bicyclic) bond motifs is 7. The molecule has 4 fully saturated rings. The van der Waals surface area contributed by atoms with Crippen molar-refractivity contribution in [3.05, 3.63) is 23.3 Å². The Morgan fingerprint density at radius 1 is 1.23 bits per heavy atom. The fourth-order valence-electron chi connectivity index (χ4n) is 7.60. The lowest BCUT2D eigenvalue weighted by molar-refractivity contribution is -0.0965. The van der Waals surface area contributed by atoms with E-state index in [1.807, 2.05) is 0 Å². The third kappa shape index (κ3) is 2.23. The summed E-state index contributed by atoms with van der Waals surface area (Å²) in [7, 11) is 1.71. The third-order valence-corrected chi connectivity index (χ3v) is 8.89. The molecule has 0 N–H and O–H groups in total. The van der Waals surface area contributed by atoms with E-state index >= 15 is 0 Å². The first-order valence-electron chi connectivity index (χ1n) is 10.6. The molecule has 26 heavy (non-hydrogen) atoms. The van der Waals surface area contributed by atoms with Crippen molar-refractivity contribution in [1.29, 1.82) is 0 Å². The van der Waals surface area contributed by atoms with Crippen LogP contribution in [0.5, 0.6) is 0 Å². The highest BCUT2D eigenvalue weighted by Crippen LogP contribution is 2.70. The monoisotopic (exact) mass is 358 g/mol. The van der Waals surface area contributed by atoms with Gasteiger partial charge < -0.3 is 14.2 Å². The molecule has 0 aromatic heterocycles. The molecule has 144 valence electrons. The van der Waals surface area contributed by atoms with E-state index in [4.69, 9.17) is 14.2 Å². The summed E-state index contributed by atoms with van der Waals surface area (Å²) in [5.41, 5.74) is 4.05. The van der Waals surface area contributed by atoms with Crippen molar-refractivity contribution in [2.45, 2.75) is 77.6 Å². The predicted octanol–water partition coefficient (Wildman–Crippen LogP) is 4.87. The maximum absolute atomic E-state index is 6.15. The zero-order valence-corrected chi connectivity index (χ0v) is 16.8. The Balaban J connectivity index is 1.42. The van der Waals surface area contributed by atoms with Gasteiger partial charge in [-0.15, -0.1) is 0 Å². The summed E-state index contributed by atoms with van der Waals surface area (Å²) in [6, 6.07) is 0. The number of hydrogen-bond donors (Lipinski definition) is 0. The van der Waals surface area contributed by atoms with Gasteiger partial charge in [0.15, 0.2) is 0 Å². The molecule has 5 aliphatic rings. The lowest BCUT2D eigenvalue weighted by Gasteiger charge is -2.57. The van der Waals surface area contributed by atoms with Crippen molar-refractivity contribution in [2.24, 2.45) is 28.6 Å². The van der Waals surface area contributed by atoms with Crippen molar-refractivity contribution >= 4 is 0 Å². The predicted molar refractivity (Wildman–Crippen MR) is 102 cm³/mol. The first-order valence-corrected chi connectivity index (χ1v) is 10.6. The lowest BCUT2D eigenvalue weighted by Crippen LogP contribution is -2.51. The second-order valence-corrected chi connectivity index (χ2v) is 9.84. The molecular weight excluding hydrogens is 324 g/mol. The van der Waals surface area contributed by atoms with Crippen molar-refractivity contribution < 1.29 is 14.2 Å².